The molecule has 13 heavy (non-hydrogen) atoms. The largest absolute Gasteiger partial charge is 0.393 e. The monoisotopic (exact) mass is 193 g/mol. The second kappa shape index (κ2) is 3.88. The molecule has 2 heteroatoms. The van der Waals surface area contributed by atoms with Gasteiger partial charge in [-0.15, -0.1) is 0 Å². The van der Waals surface area contributed by atoms with E-state index in [1.807, 2.05) is 0 Å². The van der Waals surface area contributed by atoms with E-state index in [1.165, 1.54) is 22.3 Å². The number of hydrogen-bond acceptors (Lipinski definition) is 1. The molecule has 1 rings (SSSR count). The Labute approximate surface area is 85.0 Å². The molecule has 1 nitrogen and oxygen atoms in total. The average Bonchev–Trinajstić information content (AvgIpc) is 1.99. The zero-order valence-corrected chi connectivity index (χ0v) is 9.16. The molecule has 1 aromatic carbocycles. The minimum atomic E-state index is 0.561. The highest BCUT2D eigenvalue weighted by Gasteiger charge is 2.02. The molecule has 0 saturated carbocycles. The molecule has 0 atom stereocenters. The first-order chi connectivity index (χ1) is 6.00. The fraction of sp³-hybridized carbons (Fsp3) is 0.364. The van der Waals surface area contributed by atoms with Crippen molar-refractivity contribution in [1.82, 2.24) is 0 Å². The number of aryl methyl sites for hydroxylation is 3. The van der Waals surface area contributed by atoms with E-state index < -0.39 is 0 Å². The van der Waals surface area contributed by atoms with Crippen LogP contribution in [0.15, 0.2) is 12.1 Å². The molecule has 0 aliphatic rings. The Hall–Kier alpha value is -0.890. The van der Waals surface area contributed by atoms with Gasteiger partial charge in [0.1, 0.15) is 0 Å². The lowest BCUT2D eigenvalue weighted by molar-refractivity contribution is 1.20. The van der Waals surface area contributed by atoms with Crippen LogP contribution in [0.3, 0.4) is 0 Å². The lowest BCUT2D eigenvalue weighted by Crippen LogP contribution is -2.12. The van der Waals surface area contributed by atoms with Crippen molar-refractivity contribution in [3.8, 4) is 0 Å². The predicted octanol–water partition coefficient (Wildman–Crippen LogP) is 2.44. The zero-order valence-electron chi connectivity index (χ0n) is 8.35. The Morgan fingerprint density at radius 3 is 2.23 bits per heavy atom. The van der Waals surface area contributed by atoms with E-state index in [2.05, 4.69) is 32.9 Å². The zero-order chi connectivity index (χ0) is 10.0. The highest BCUT2D eigenvalue weighted by atomic mass is 32.1. The van der Waals surface area contributed by atoms with Crippen LogP contribution in [0.4, 0.5) is 0 Å². The number of nitrogens with two attached hydrogens (primary N) is 1. The van der Waals surface area contributed by atoms with E-state index in [1.54, 1.807) is 0 Å². The Kier molecular flexibility index (Phi) is 3.04. The van der Waals surface area contributed by atoms with E-state index in [4.69, 9.17) is 18.0 Å². The molecule has 0 unspecified atom stereocenters. The lowest BCUT2D eigenvalue weighted by Gasteiger charge is -2.08. The molecule has 1 aromatic rings. The highest BCUT2D eigenvalue weighted by Crippen LogP contribution is 2.15. The molecule has 0 aromatic heterocycles. The summed E-state index contributed by atoms with van der Waals surface area (Å²) in [4.78, 5) is 0.561. The Bertz CT molecular complexity index is 342. The van der Waals surface area contributed by atoms with Crippen LogP contribution in [0.1, 0.15) is 22.3 Å². The van der Waals surface area contributed by atoms with Gasteiger partial charge in [0.2, 0.25) is 0 Å². The van der Waals surface area contributed by atoms with Gasteiger partial charge in [-0.05, 0) is 43.0 Å². The first-order valence-electron chi connectivity index (χ1n) is 4.35. The van der Waals surface area contributed by atoms with Gasteiger partial charge in [0, 0.05) is 6.42 Å². The number of hydrogen-bond donors (Lipinski definition) is 1. The van der Waals surface area contributed by atoms with E-state index in [0.717, 1.165) is 0 Å². The number of rotatable bonds is 2. The van der Waals surface area contributed by atoms with Crippen LogP contribution in [-0.4, -0.2) is 4.99 Å². The summed E-state index contributed by atoms with van der Waals surface area (Å²) < 4.78 is 0. The third-order valence-corrected chi connectivity index (χ3v) is 2.46. The molecule has 70 valence electrons. The summed E-state index contributed by atoms with van der Waals surface area (Å²) in [5, 5.41) is 0. The molecule has 0 fully saturated rings. The van der Waals surface area contributed by atoms with Crippen molar-refractivity contribution in [3.63, 3.8) is 0 Å². The molecule has 0 radical (unpaired) electrons. The minimum Gasteiger partial charge on any atom is -0.393 e. The van der Waals surface area contributed by atoms with Gasteiger partial charge in [-0.3, -0.25) is 0 Å². The maximum absolute atomic E-state index is 5.51. The van der Waals surface area contributed by atoms with Gasteiger partial charge in [0.15, 0.2) is 0 Å². The van der Waals surface area contributed by atoms with Crippen LogP contribution in [-0.2, 0) is 6.42 Å². The van der Waals surface area contributed by atoms with Gasteiger partial charge in [-0.1, -0.05) is 24.4 Å². The fourth-order valence-electron chi connectivity index (χ4n) is 1.40. The Balaban J connectivity index is 3.08. The standard InChI is InChI=1S/C11H15NS/c1-7-4-9(3)10(5-8(7)2)6-11(12)13/h4-5H,6H2,1-3H3,(H2,12,13). The van der Waals surface area contributed by atoms with E-state index in [-0.39, 0.29) is 0 Å². The summed E-state index contributed by atoms with van der Waals surface area (Å²) in [5.41, 5.74) is 10.7. The predicted molar refractivity (Wildman–Crippen MR) is 61.1 cm³/mol. The molecular formula is C11H15NS. The summed E-state index contributed by atoms with van der Waals surface area (Å²) in [7, 11) is 0. The number of benzene rings is 1. The minimum absolute atomic E-state index is 0.561. The van der Waals surface area contributed by atoms with Gasteiger partial charge in [0.05, 0.1) is 4.99 Å². The quantitative estimate of drug-likeness (QED) is 0.730. The maximum Gasteiger partial charge on any atom is 0.0771 e. The third-order valence-electron chi connectivity index (χ3n) is 2.32. The highest BCUT2D eigenvalue weighted by molar-refractivity contribution is 7.80. The van der Waals surface area contributed by atoms with Crippen molar-refractivity contribution in [2.24, 2.45) is 5.73 Å². The summed E-state index contributed by atoms with van der Waals surface area (Å²) in [6.45, 7) is 6.32. The Morgan fingerprint density at radius 1 is 1.15 bits per heavy atom. The van der Waals surface area contributed by atoms with Crippen molar-refractivity contribution in [3.05, 3.63) is 34.4 Å². The second-order valence-corrected chi connectivity index (χ2v) is 4.03. The van der Waals surface area contributed by atoms with Crippen molar-refractivity contribution in [2.45, 2.75) is 27.2 Å². The number of thiocarbonyl (C=S) groups is 1. The van der Waals surface area contributed by atoms with Crippen LogP contribution in [0.2, 0.25) is 0 Å². The van der Waals surface area contributed by atoms with E-state index in [9.17, 15) is 0 Å². The molecule has 0 heterocycles. The van der Waals surface area contributed by atoms with Crippen LogP contribution >= 0.6 is 12.2 Å². The molecule has 2 N–H and O–H groups in total. The van der Waals surface area contributed by atoms with Crippen LogP contribution < -0.4 is 5.73 Å². The first kappa shape index (κ1) is 10.2. The summed E-state index contributed by atoms with van der Waals surface area (Å²) in [5.74, 6) is 0. The van der Waals surface area contributed by atoms with Gasteiger partial charge in [-0.25, -0.2) is 0 Å². The van der Waals surface area contributed by atoms with Crippen molar-refractivity contribution in [2.75, 3.05) is 0 Å². The third kappa shape index (κ3) is 2.52. The SMILES string of the molecule is Cc1cc(C)c(CC(N)=S)cc1C. The van der Waals surface area contributed by atoms with Crippen LogP contribution in [0.25, 0.3) is 0 Å². The topological polar surface area (TPSA) is 26.0 Å². The van der Waals surface area contributed by atoms with Gasteiger partial charge < -0.3 is 5.73 Å². The molecule has 0 bridgehead atoms. The molecule has 0 aliphatic heterocycles. The van der Waals surface area contributed by atoms with Crippen LogP contribution in [0, 0.1) is 20.8 Å². The molecule has 0 saturated heterocycles. The van der Waals surface area contributed by atoms with Crippen molar-refractivity contribution >= 4 is 17.2 Å². The van der Waals surface area contributed by atoms with Crippen molar-refractivity contribution in [1.29, 1.82) is 0 Å². The van der Waals surface area contributed by atoms with E-state index >= 15 is 0 Å². The maximum atomic E-state index is 5.51. The Morgan fingerprint density at radius 2 is 1.69 bits per heavy atom. The molecule has 0 spiro atoms. The summed E-state index contributed by atoms with van der Waals surface area (Å²) in [6.07, 6.45) is 0.711. The van der Waals surface area contributed by atoms with Crippen molar-refractivity contribution < 1.29 is 0 Å². The average molecular weight is 193 g/mol. The van der Waals surface area contributed by atoms with Crippen LogP contribution in [0.5, 0.6) is 0 Å². The van der Waals surface area contributed by atoms with Gasteiger partial charge in [0.25, 0.3) is 0 Å². The van der Waals surface area contributed by atoms with E-state index in [0.29, 0.717) is 11.4 Å². The first-order valence-corrected chi connectivity index (χ1v) is 4.76. The molecular weight excluding hydrogens is 178 g/mol. The van der Waals surface area contributed by atoms with Gasteiger partial charge in [-0.2, -0.15) is 0 Å². The fourth-order valence-corrected chi connectivity index (χ4v) is 1.55. The second-order valence-electron chi connectivity index (χ2n) is 3.51. The smallest absolute Gasteiger partial charge is 0.0771 e. The summed E-state index contributed by atoms with van der Waals surface area (Å²) >= 11 is 4.89. The van der Waals surface area contributed by atoms with Gasteiger partial charge >= 0.3 is 0 Å². The summed E-state index contributed by atoms with van der Waals surface area (Å²) in [6, 6.07) is 4.35. The molecule has 0 amide bonds. The lowest BCUT2D eigenvalue weighted by atomic mass is 9.99. The normalized spacial score (nSPS) is 10.1. The molecule has 0 aliphatic carbocycles.